The standard InChI is InChI=1S/C22H30N4O2/c1-5-23-22(25-14-21-16(2)7-6-9-24-21)26-10-8-17(15-26)18-11-19(27-3)13-20(12-18)28-4/h6-7,9,11-13,17H,5,8,10,14-15H2,1-4H3,(H,23,25). The second-order valence-corrected chi connectivity index (χ2v) is 7.01. The molecule has 1 aromatic heterocycles. The molecule has 0 radical (unpaired) electrons. The fourth-order valence-corrected chi connectivity index (χ4v) is 3.55. The molecule has 1 unspecified atom stereocenters. The van der Waals surface area contributed by atoms with Gasteiger partial charge in [0, 0.05) is 37.8 Å². The SMILES string of the molecule is CCNC(=NCc1ncccc1C)N1CCC(c2cc(OC)cc(OC)c2)C1. The van der Waals surface area contributed by atoms with Gasteiger partial charge in [0.15, 0.2) is 5.96 Å². The summed E-state index contributed by atoms with van der Waals surface area (Å²) >= 11 is 0. The van der Waals surface area contributed by atoms with E-state index in [2.05, 4.69) is 47.2 Å². The predicted octanol–water partition coefficient (Wildman–Crippen LogP) is 3.36. The zero-order valence-corrected chi connectivity index (χ0v) is 17.2. The topological polar surface area (TPSA) is 59.0 Å². The predicted molar refractivity (Wildman–Crippen MR) is 112 cm³/mol. The first-order chi connectivity index (χ1) is 13.6. The molecule has 1 aliphatic heterocycles. The first kappa shape index (κ1) is 20.0. The Morgan fingerprint density at radius 2 is 2.00 bits per heavy atom. The van der Waals surface area contributed by atoms with Crippen molar-refractivity contribution in [2.24, 2.45) is 4.99 Å². The highest BCUT2D eigenvalue weighted by molar-refractivity contribution is 5.80. The summed E-state index contributed by atoms with van der Waals surface area (Å²) in [5.41, 5.74) is 3.44. The molecule has 2 aromatic rings. The Bertz CT molecular complexity index is 800. The Balaban J connectivity index is 1.74. The summed E-state index contributed by atoms with van der Waals surface area (Å²) in [5.74, 6) is 3.03. The first-order valence-electron chi connectivity index (χ1n) is 9.81. The van der Waals surface area contributed by atoms with Gasteiger partial charge in [-0.25, -0.2) is 4.99 Å². The molecule has 0 bridgehead atoms. The summed E-state index contributed by atoms with van der Waals surface area (Å²) in [7, 11) is 3.38. The lowest BCUT2D eigenvalue weighted by Gasteiger charge is -2.22. The fourth-order valence-electron chi connectivity index (χ4n) is 3.55. The summed E-state index contributed by atoms with van der Waals surface area (Å²) in [5, 5.41) is 3.43. The number of ether oxygens (including phenoxy) is 2. The van der Waals surface area contributed by atoms with Crippen molar-refractivity contribution < 1.29 is 9.47 Å². The van der Waals surface area contributed by atoms with E-state index in [4.69, 9.17) is 14.5 Å². The maximum atomic E-state index is 5.43. The molecule has 3 rings (SSSR count). The first-order valence-corrected chi connectivity index (χ1v) is 9.81. The van der Waals surface area contributed by atoms with Crippen LogP contribution in [-0.4, -0.2) is 49.7 Å². The van der Waals surface area contributed by atoms with E-state index in [9.17, 15) is 0 Å². The number of aliphatic imine (C=N–C) groups is 1. The van der Waals surface area contributed by atoms with E-state index in [1.807, 2.05) is 18.3 Å². The zero-order valence-electron chi connectivity index (χ0n) is 17.2. The highest BCUT2D eigenvalue weighted by Gasteiger charge is 2.27. The van der Waals surface area contributed by atoms with Gasteiger partial charge in [-0.2, -0.15) is 0 Å². The van der Waals surface area contributed by atoms with Crippen LogP contribution in [0.15, 0.2) is 41.5 Å². The lowest BCUT2D eigenvalue weighted by molar-refractivity contribution is 0.392. The highest BCUT2D eigenvalue weighted by Crippen LogP contribution is 2.32. The van der Waals surface area contributed by atoms with Crippen LogP contribution in [0.25, 0.3) is 0 Å². The number of likely N-dealkylation sites (tertiary alicyclic amines) is 1. The molecule has 2 heterocycles. The number of hydrogen-bond donors (Lipinski definition) is 1. The smallest absolute Gasteiger partial charge is 0.194 e. The van der Waals surface area contributed by atoms with Gasteiger partial charge < -0.3 is 19.7 Å². The number of pyridine rings is 1. The van der Waals surface area contributed by atoms with Gasteiger partial charge >= 0.3 is 0 Å². The van der Waals surface area contributed by atoms with Gasteiger partial charge in [-0.15, -0.1) is 0 Å². The maximum absolute atomic E-state index is 5.43. The second kappa shape index (κ2) is 9.44. The number of nitrogens with zero attached hydrogens (tertiary/aromatic N) is 3. The number of aryl methyl sites for hydroxylation is 1. The molecule has 1 saturated heterocycles. The second-order valence-electron chi connectivity index (χ2n) is 7.01. The monoisotopic (exact) mass is 382 g/mol. The molecule has 1 atom stereocenters. The molecule has 1 aliphatic rings. The highest BCUT2D eigenvalue weighted by atomic mass is 16.5. The summed E-state index contributed by atoms with van der Waals surface area (Å²) in [6, 6.07) is 10.2. The Kier molecular flexibility index (Phi) is 6.74. The molecule has 150 valence electrons. The van der Waals surface area contributed by atoms with Gasteiger partial charge in [-0.3, -0.25) is 4.98 Å². The third-order valence-corrected chi connectivity index (χ3v) is 5.16. The van der Waals surface area contributed by atoms with Crippen molar-refractivity contribution in [1.29, 1.82) is 0 Å². The van der Waals surface area contributed by atoms with Gasteiger partial charge in [-0.05, 0) is 49.6 Å². The number of rotatable bonds is 6. The lowest BCUT2D eigenvalue weighted by Crippen LogP contribution is -2.40. The number of hydrogen-bond acceptors (Lipinski definition) is 4. The van der Waals surface area contributed by atoms with E-state index in [1.165, 1.54) is 11.1 Å². The quantitative estimate of drug-likeness (QED) is 0.613. The maximum Gasteiger partial charge on any atom is 0.194 e. The van der Waals surface area contributed by atoms with Gasteiger partial charge in [-0.1, -0.05) is 6.07 Å². The number of methoxy groups -OCH3 is 2. The van der Waals surface area contributed by atoms with Gasteiger partial charge in [0.05, 0.1) is 26.5 Å². The van der Waals surface area contributed by atoms with Crippen LogP contribution in [0.4, 0.5) is 0 Å². The van der Waals surface area contributed by atoms with Crippen molar-refractivity contribution in [2.45, 2.75) is 32.7 Å². The van der Waals surface area contributed by atoms with E-state index in [0.717, 1.165) is 49.2 Å². The van der Waals surface area contributed by atoms with Crippen LogP contribution in [0.1, 0.15) is 36.1 Å². The molecule has 6 heteroatoms. The minimum atomic E-state index is 0.421. The molecule has 0 saturated carbocycles. The Labute approximate surface area is 167 Å². The van der Waals surface area contributed by atoms with Crippen LogP contribution in [0.2, 0.25) is 0 Å². The van der Waals surface area contributed by atoms with Crippen molar-refractivity contribution >= 4 is 5.96 Å². The van der Waals surface area contributed by atoms with Crippen molar-refractivity contribution in [3.63, 3.8) is 0 Å². The van der Waals surface area contributed by atoms with Gasteiger partial charge in [0.2, 0.25) is 0 Å². The van der Waals surface area contributed by atoms with Crippen LogP contribution in [0.5, 0.6) is 11.5 Å². The molecule has 0 spiro atoms. The van der Waals surface area contributed by atoms with Crippen molar-refractivity contribution in [2.75, 3.05) is 33.9 Å². The molecule has 1 aromatic carbocycles. The normalized spacial score (nSPS) is 16.9. The molecular formula is C22H30N4O2. The number of benzene rings is 1. The number of guanidine groups is 1. The van der Waals surface area contributed by atoms with Crippen molar-refractivity contribution in [3.8, 4) is 11.5 Å². The summed E-state index contributed by atoms with van der Waals surface area (Å²) in [6.45, 7) is 7.49. The lowest BCUT2D eigenvalue weighted by atomic mass is 9.98. The van der Waals surface area contributed by atoms with E-state index in [0.29, 0.717) is 12.5 Å². The molecule has 1 fully saturated rings. The van der Waals surface area contributed by atoms with Gasteiger partial charge in [0.25, 0.3) is 0 Å². The van der Waals surface area contributed by atoms with Crippen LogP contribution in [0, 0.1) is 6.92 Å². The van der Waals surface area contributed by atoms with Crippen LogP contribution < -0.4 is 14.8 Å². The molecular weight excluding hydrogens is 352 g/mol. The third kappa shape index (κ3) is 4.74. The number of aromatic nitrogens is 1. The average molecular weight is 383 g/mol. The Hall–Kier alpha value is -2.76. The van der Waals surface area contributed by atoms with Crippen LogP contribution in [0.3, 0.4) is 0 Å². The van der Waals surface area contributed by atoms with E-state index in [1.54, 1.807) is 14.2 Å². The van der Waals surface area contributed by atoms with E-state index in [-0.39, 0.29) is 0 Å². The minimum absolute atomic E-state index is 0.421. The number of nitrogens with one attached hydrogen (secondary N) is 1. The third-order valence-electron chi connectivity index (χ3n) is 5.16. The molecule has 28 heavy (non-hydrogen) atoms. The summed E-state index contributed by atoms with van der Waals surface area (Å²) in [6.07, 6.45) is 2.90. The Morgan fingerprint density at radius 3 is 2.64 bits per heavy atom. The molecule has 0 amide bonds. The van der Waals surface area contributed by atoms with Crippen molar-refractivity contribution in [1.82, 2.24) is 15.2 Å². The Morgan fingerprint density at radius 1 is 1.25 bits per heavy atom. The van der Waals surface area contributed by atoms with E-state index < -0.39 is 0 Å². The fraction of sp³-hybridized carbons (Fsp3) is 0.455. The molecule has 1 N–H and O–H groups in total. The summed E-state index contributed by atoms with van der Waals surface area (Å²) < 4.78 is 10.9. The van der Waals surface area contributed by atoms with Crippen LogP contribution in [-0.2, 0) is 6.54 Å². The average Bonchev–Trinajstić information content (AvgIpc) is 3.22. The largest absolute Gasteiger partial charge is 0.497 e. The molecule has 0 aliphatic carbocycles. The molecule has 6 nitrogen and oxygen atoms in total. The van der Waals surface area contributed by atoms with Crippen LogP contribution >= 0.6 is 0 Å². The zero-order chi connectivity index (χ0) is 19.9. The summed E-state index contributed by atoms with van der Waals surface area (Å²) in [4.78, 5) is 11.6. The van der Waals surface area contributed by atoms with Gasteiger partial charge in [0.1, 0.15) is 11.5 Å². The minimum Gasteiger partial charge on any atom is -0.497 e. The van der Waals surface area contributed by atoms with E-state index >= 15 is 0 Å². The van der Waals surface area contributed by atoms with Crippen molar-refractivity contribution in [3.05, 3.63) is 53.3 Å².